The van der Waals surface area contributed by atoms with Crippen molar-refractivity contribution in [3.05, 3.63) is 33.8 Å². The van der Waals surface area contributed by atoms with Gasteiger partial charge in [-0.15, -0.1) is 0 Å². The zero-order valence-electron chi connectivity index (χ0n) is 13.6. The smallest absolute Gasteiger partial charge is 0.251 e. The maximum absolute atomic E-state index is 12.9. The van der Waals surface area contributed by atoms with Gasteiger partial charge in [0.05, 0.1) is 23.1 Å². The normalized spacial score (nSPS) is 30.5. The first-order valence-electron chi connectivity index (χ1n) is 7.92. The van der Waals surface area contributed by atoms with E-state index >= 15 is 0 Å². The quantitative estimate of drug-likeness (QED) is 0.776. The summed E-state index contributed by atoms with van der Waals surface area (Å²) in [6.45, 7) is 0. The van der Waals surface area contributed by atoms with Gasteiger partial charge < -0.3 is 0 Å². The minimum atomic E-state index is -0.124. The van der Waals surface area contributed by atoms with Crippen LogP contribution in [0.25, 0.3) is 0 Å². The van der Waals surface area contributed by atoms with Gasteiger partial charge in [0, 0.05) is 19.1 Å². The molecule has 3 rings (SSSR count). The molecular formula is C17H22Cl2N2O2. The molecule has 2 aliphatic rings. The molecule has 0 spiro atoms. The summed E-state index contributed by atoms with van der Waals surface area (Å²) in [5.41, 5.74) is 1.09. The van der Waals surface area contributed by atoms with Crippen LogP contribution in [0.5, 0.6) is 0 Å². The molecule has 0 radical (unpaired) electrons. The van der Waals surface area contributed by atoms with Gasteiger partial charge in [0.25, 0.3) is 5.91 Å². The number of rotatable bonds is 3. The van der Waals surface area contributed by atoms with Crippen LogP contribution in [-0.4, -0.2) is 49.2 Å². The third kappa shape index (κ3) is 2.98. The fourth-order valence-electron chi connectivity index (χ4n) is 4.19. The lowest BCUT2D eigenvalue weighted by Gasteiger charge is -2.43. The molecule has 126 valence electrons. The molecule has 2 fully saturated rings. The van der Waals surface area contributed by atoms with Crippen LogP contribution in [-0.2, 0) is 9.63 Å². The Bertz CT molecular complexity index is 610. The first-order valence-corrected chi connectivity index (χ1v) is 8.68. The van der Waals surface area contributed by atoms with Crippen LogP contribution >= 0.6 is 23.2 Å². The van der Waals surface area contributed by atoms with Crippen molar-refractivity contribution in [1.82, 2.24) is 9.96 Å². The molecule has 4 atom stereocenters. The Morgan fingerprint density at radius 1 is 1.30 bits per heavy atom. The zero-order chi connectivity index (χ0) is 16.7. The van der Waals surface area contributed by atoms with Crippen molar-refractivity contribution in [2.24, 2.45) is 5.92 Å². The summed E-state index contributed by atoms with van der Waals surface area (Å²) < 4.78 is 0. The highest BCUT2D eigenvalue weighted by atomic mass is 35.5. The number of carbonyl (C=O) groups is 1. The van der Waals surface area contributed by atoms with Crippen LogP contribution in [0, 0.1) is 5.92 Å². The standard InChI is InChI=1S/C17H22Cl2N2O2/c1-20-11-5-7-15(20)16(17(22)21(2)23-3)12(9-11)10-4-6-13(18)14(19)8-10/h4,6,8,11-12,15-16H,5,7,9H2,1-3H3/t11-,12+,15+,16-/m0/s1. The number of benzene rings is 1. The largest absolute Gasteiger partial charge is 0.300 e. The number of carbonyl (C=O) groups excluding carboxylic acids is 1. The molecule has 1 aromatic carbocycles. The van der Waals surface area contributed by atoms with E-state index in [-0.39, 0.29) is 23.8 Å². The highest BCUT2D eigenvalue weighted by Gasteiger charge is 2.49. The van der Waals surface area contributed by atoms with Gasteiger partial charge in [-0.05, 0) is 49.9 Å². The van der Waals surface area contributed by atoms with Gasteiger partial charge in [-0.3, -0.25) is 14.5 Å². The Morgan fingerprint density at radius 3 is 2.70 bits per heavy atom. The first kappa shape index (κ1) is 17.0. The Kier molecular flexibility index (Phi) is 4.88. The minimum Gasteiger partial charge on any atom is -0.300 e. The average molecular weight is 357 g/mol. The highest BCUT2D eigenvalue weighted by molar-refractivity contribution is 6.42. The summed E-state index contributed by atoms with van der Waals surface area (Å²) in [5.74, 6) is 0.0466. The fraction of sp³-hybridized carbons (Fsp3) is 0.588. The summed E-state index contributed by atoms with van der Waals surface area (Å²) in [6.07, 6.45) is 3.14. The molecule has 2 bridgehead atoms. The van der Waals surface area contributed by atoms with E-state index in [1.165, 1.54) is 12.2 Å². The number of hydrogen-bond acceptors (Lipinski definition) is 3. The Balaban J connectivity index is 1.98. The second kappa shape index (κ2) is 6.60. The summed E-state index contributed by atoms with van der Waals surface area (Å²) in [5, 5.41) is 2.44. The lowest BCUT2D eigenvalue weighted by atomic mass is 9.75. The summed E-state index contributed by atoms with van der Waals surface area (Å²) >= 11 is 12.3. The van der Waals surface area contributed by atoms with Crippen LogP contribution in [0.4, 0.5) is 0 Å². The van der Waals surface area contributed by atoms with E-state index in [0.717, 1.165) is 24.8 Å². The minimum absolute atomic E-state index is 0.0285. The van der Waals surface area contributed by atoms with Gasteiger partial charge in [-0.25, -0.2) is 5.06 Å². The first-order chi connectivity index (χ1) is 10.9. The number of piperidine rings is 1. The molecule has 2 saturated heterocycles. The summed E-state index contributed by atoms with van der Waals surface area (Å²) in [6, 6.07) is 6.50. The predicted molar refractivity (Wildman–Crippen MR) is 91.7 cm³/mol. The molecule has 2 heterocycles. The van der Waals surface area contributed by atoms with E-state index in [2.05, 4.69) is 11.9 Å². The van der Waals surface area contributed by atoms with Crippen molar-refractivity contribution in [2.45, 2.75) is 37.3 Å². The summed E-state index contributed by atoms with van der Waals surface area (Å²) in [7, 11) is 5.33. The Morgan fingerprint density at radius 2 is 2.04 bits per heavy atom. The number of halogens is 2. The van der Waals surface area contributed by atoms with Gasteiger partial charge in [0.2, 0.25) is 0 Å². The number of nitrogens with zero attached hydrogens (tertiary/aromatic N) is 2. The Labute approximate surface area is 147 Å². The molecular weight excluding hydrogens is 335 g/mol. The Hall–Kier alpha value is -0.810. The fourth-order valence-corrected chi connectivity index (χ4v) is 4.50. The predicted octanol–water partition coefficient (Wildman–Crippen LogP) is 3.58. The van der Waals surface area contributed by atoms with Gasteiger partial charge in [0.15, 0.2) is 0 Å². The van der Waals surface area contributed by atoms with Crippen LogP contribution in [0.1, 0.15) is 30.7 Å². The highest BCUT2D eigenvalue weighted by Crippen LogP contribution is 2.47. The SMILES string of the molecule is CON(C)C(=O)[C@H]1[C@@H](c2ccc(Cl)c(Cl)c2)C[C@@H]2CC[C@H]1N2C. The molecule has 4 nitrogen and oxygen atoms in total. The maximum atomic E-state index is 12.9. The molecule has 1 amide bonds. The van der Waals surface area contributed by atoms with E-state index in [4.69, 9.17) is 28.0 Å². The second-order valence-electron chi connectivity index (χ2n) is 6.52. The zero-order valence-corrected chi connectivity index (χ0v) is 15.1. The average Bonchev–Trinajstić information content (AvgIpc) is 2.78. The van der Waals surface area contributed by atoms with Crippen molar-refractivity contribution in [3.63, 3.8) is 0 Å². The third-order valence-electron chi connectivity index (χ3n) is 5.51. The molecule has 23 heavy (non-hydrogen) atoms. The molecule has 6 heteroatoms. The number of hydrogen-bond donors (Lipinski definition) is 0. The van der Waals surface area contributed by atoms with Crippen molar-refractivity contribution < 1.29 is 9.63 Å². The molecule has 0 unspecified atom stereocenters. The number of fused-ring (bicyclic) bond motifs is 2. The van der Waals surface area contributed by atoms with Crippen LogP contribution in [0.15, 0.2) is 18.2 Å². The molecule has 0 N–H and O–H groups in total. The number of amides is 1. The lowest BCUT2D eigenvalue weighted by Crippen LogP contribution is -2.51. The third-order valence-corrected chi connectivity index (χ3v) is 6.25. The van der Waals surface area contributed by atoms with Crippen LogP contribution < -0.4 is 0 Å². The van der Waals surface area contributed by atoms with E-state index in [1.54, 1.807) is 7.05 Å². The molecule has 2 aliphatic heterocycles. The van der Waals surface area contributed by atoms with Crippen molar-refractivity contribution in [2.75, 3.05) is 21.2 Å². The van der Waals surface area contributed by atoms with Crippen LogP contribution in [0.3, 0.4) is 0 Å². The summed E-state index contributed by atoms with van der Waals surface area (Å²) in [4.78, 5) is 20.4. The van der Waals surface area contributed by atoms with Gasteiger partial charge in [-0.1, -0.05) is 29.3 Å². The lowest BCUT2D eigenvalue weighted by molar-refractivity contribution is -0.177. The van der Waals surface area contributed by atoms with Crippen molar-refractivity contribution in [1.29, 1.82) is 0 Å². The molecule has 0 aliphatic carbocycles. The van der Waals surface area contributed by atoms with E-state index in [9.17, 15) is 4.79 Å². The van der Waals surface area contributed by atoms with Gasteiger partial charge >= 0.3 is 0 Å². The molecule has 0 aromatic heterocycles. The number of hydroxylamine groups is 2. The molecule has 1 aromatic rings. The van der Waals surface area contributed by atoms with Gasteiger partial charge in [0.1, 0.15) is 0 Å². The van der Waals surface area contributed by atoms with Gasteiger partial charge in [-0.2, -0.15) is 0 Å². The van der Waals surface area contributed by atoms with E-state index in [1.807, 2.05) is 18.2 Å². The topological polar surface area (TPSA) is 32.8 Å². The second-order valence-corrected chi connectivity index (χ2v) is 7.34. The molecule has 0 saturated carbocycles. The van der Waals surface area contributed by atoms with E-state index in [0.29, 0.717) is 16.1 Å². The maximum Gasteiger partial charge on any atom is 0.251 e. The van der Waals surface area contributed by atoms with Crippen molar-refractivity contribution in [3.8, 4) is 0 Å². The van der Waals surface area contributed by atoms with Crippen LogP contribution in [0.2, 0.25) is 10.0 Å². The monoisotopic (exact) mass is 356 g/mol. The van der Waals surface area contributed by atoms with E-state index < -0.39 is 0 Å². The van der Waals surface area contributed by atoms with Crippen molar-refractivity contribution >= 4 is 29.1 Å².